The Morgan fingerprint density at radius 1 is 1.44 bits per heavy atom. The van der Waals surface area contributed by atoms with Gasteiger partial charge in [-0.1, -0.05) is 6.42 Å². The maximum absolute atomic E-state index is 11.8. The quantitative estimate of drug-likeness (QED) is 0.690. The fraction of sp³-hybridized carbons (Fsp3) is 0.818. The van der Waals surface area contributed by atoms with Gasteiger partial charge in [0, 0.05) is 13.0 Å². The first-order chi connectivity index (χ1) is 7.74. The molecule has 0 radical (unpaired) electrons. The minimum Gasteiger partial charge on any atom is -0.354 e. The molecule has 2 N–H and O–H groups in total. The Labute approximate surface area is 95.0 Å². The summed E-state index contributed by atoms with van der Waals surface area (Å²) in [7, 11) is 0. The molecule has 1 heterocycles. The second kappa shape index (κ2) is 7.19. The second-order valence-electron chi connectivity index (χ2n) is 4.05. The SMILES string of the molecule is O=C1CCCC[C@@H](C(=O)NCCCCF)N1. The van der Waals surface area contributed by atoms with Crippen LogP contribution in [-0.2, 0) is 9.59 Å². The lowest BCUT2D eigenvalue weighted by molar-refractivity contribution is -0.128. The zero-order valence-electron chi connectivity index (χ0n) is 9.43. The fourth-order valence-corrected chi connectivity index (χ4v) is 1.72. The zero-order chi connectivity index (χ0) is 11.8. The van der Waals surface area contributed by atoms with Crippen LogP contribution in [0.1, 0.15) is 38.5 Å². The molecule has 0 aromatic carbocycles. The van der Waals surface area contributed by atoms with Crippen LogP contribution in [0.25, 0.3) is 0 Å². The Hall–Kier alpha value is -1.13. The monoisotopic (exact) mass is 230 g/mol. The normalized spacial score (nSPS) is 21.1. The zero-order valence-corrected chi connectivity index (χ0v) is 9.43. The number of carbonyl (C=O) groups excluding carboxylic acids is 2. The van der Waals surface area contributed by atoms with E-state index in [0.29, 0.717) is 32.2 Å². The highest BCUT2D eigenvalue weighted by atomic mass is 19.1. The first-order valence-electron chi connectivity index (χ1n) is 5.87. The molecule has 2 amide bonds. The van der Waals surface area contributed by atoms with Crippen LogP contribution in [0.2, 0.25) is 0 Å². The van der Waals surface area contributed by atoms with E-state index in [1.807, 2.05) is 0 Å². The van der Waals surface area contributed by atoms with E-state index in [1.165, 1.54) is 0 Å². The maximum atomic E-state index is 11.8. The van der Waals surface area contributed by atoms with Gasteiger partial charge in [0.15, 0.2) is 0 Å². The highest BCUT2D eigenvalue weighted by Crippen LogP contribution is 2.09. The molecule has 1 fully saturated rings. The van der Waals surface area contributed by atoms with E-state index in [2.05, 4.69) is 10.6 Å². The Morgan fingerprint density at radius 3 is 3.00 bits per heavy atom. The molecule has 4 nitrogen and oxygen atoms in total. The molecule has 0 aliphatic carbocycles. The Bertz CT molecular complexity index is 246. The smallest absolute Gasteiger partial charge is 0.242 e. The number of nitrogens with one attached hydrogen (secondary N) is 2. The molecule has 1 aliphatic rings. The number of unbranched alkanes of at least 4 members (excludes halogenated alkanes) is 1. The Balaban J connectivity index is 2.25. The number of alkyl halides is 1. The summed E-state index contributed by atoms with van der Waals surface area (Å²) in [5.41, 5.74) is 0. The number of carbonyl (C=O) groups is 2. The van der Waals surface area contributed by atoms with Crippen molar-refractivity contribution in [3.8, 4) is 0 Å². The summed E-state index contributed by atoms with van der Waals surface area (Å²) in [6, 6.07) is -0.402. The van der Waals surface area contributed by atoms with E-state index in [1.54, 1.807) is 0 Å². The van der Waals surface area contributed by atoms with Crippen LogP contribution in [0.5, 0.6) is 0 Å². The lowest BCUT2D eigenvalue weighted by Crippen LogP contribution is -2.45. The van der Waals surface area contributed by atoms with Crippen LogP contribution in [0, 0.1) is 0 Å². The summed E-state index contributed by atoms with van der Waals surface area (Å²) in [5, 5.41) is 5.41. The summed E-state index contributed by atoms with van der Waals surface area (Å²) in [5.74, 6) is -0.199. The molecule has 0 aromatic heterocycles. The van der Waals surface area contributed by atoms with Gasteiger partial charge in [0.05, 0.1) is 6.67 Å². The van der Waals surface area contributed by atoms with Crippen LogP contribution in [0.3, 0.4) is 0 Å². The van der Waals surface area contributed by atoms with E-state index in [4.69, 9.17) is 0 Å². The summed E-state index contributed by atoms with van der Waals surface area (Å²) in [4.78, 5) is 22.9. The van der Waals surface area contributed by atoms with Gasteiger partial charge in [-0.05, 0) is 25.7 Å². The summed E-state index contributed by atoms with van der Waals surface area (Å²) in [6.07, 6.45) is 4.05. The molecular weight excluding hydrogens is 211 g/mol. The minimum atomic E-state index is -0.402. The van der Waals surface area contributed by atoms with Gasteiger partial charge in [0.1, 0.15) is 6.04 Å². The number of rotatable bonds is 5. The van der Waals surface area contributed by atoms with Gasteiger partial charge in [-0.25, -0.2) is 0 Å². The van der Waals surface area contributed by atoms with Crippen molar-refractivity contribution in [2.45, 2.75) is 44.6 Å². The van der Waals surface area contributed by atoms with E-state index in [9.17, 15) is 14.0 Å². The molecule has 0 saturated carbocycles. The summed E-state index contributed by atoms with van der Waals surface area (Å²) in [6.45, 7) is 0.130. The van der Waals surface area contributed by atoms with Crippen molar-refractivity contribution >= 4 is 11.8 Å². The largest absolute Gasteiger partial charge is 0.354 e. The second-order valence-corrected chi connectivity index (χ2v) is 4.05. The highest BCUT2D eigenvalue weighted by molar-refractivity contribution is 5.87. The van der Waals surface area contributed by atoms with E-state index < -0.39 is 6.04 Å². The Morgan fingerprint density at radius 2 is 2.25 bits per heavy atom. The number of halogens is 1. The van der Waals surface area contributed by atoms with Crippen molar-refractivity contribution in [2.75, 3.05) is 13.2 Å². The predicted molar refractivity (Wildman–Crippen MR) is 58.6 cm³/mol. The van der Waals surface area contributed by atoms with E-state index in [-0.39, 0.29) is 18.5 Å². The van der Waals surface area contributed by atoms with Gasteiger partial charge in [0.2, 0.25) is 11.8 Å². The van der Waals surface area contributed by atoms with Gasteiger partial charge in [-0.2, -0.15) is 0 Å². The molecule has 1 atom stereocenters. The number of hydrogen-bond donors (Lipinski definition) is 2. The molecule has 1 saturated heterocycles. The standard InChI is InChI=1S/C11H19FN2O2/c12-7-3-4-8-13-11(16)9-5-1-2-6-10(15)14-9/h9H,1-8H2,(H,13,16)(H,14,15)/t9-/m0/s1. The van der Waals surface area contributed by atoms with Gasteiger partial charge in [0.25, 0.3) is 0 Å². The number of amides is 2. The van der Waals surface area contributed by atoms with Crippen molar-refractivity contribution in [1.82, 2.24) is 10.6 Å². The van der Waals surface area contributed by atoms with Crippen LogP contribution in [0.15, 0.2) is 0 Å². The van der Waals surface area contributed by atoms with Crippen molar-refractivity contribution in [2.24, 2.45) is 0 Å². The summed E-state index contributed by atoms with van der Waals surface area (Å²) < 4.78 is 11.8. The molecule has 0 spiro atoms. The van der Waals surface area contributed by atoms with Crippen LogP contribution in [-0.4, -0.2) is 31.1 Å². The summed E-state index contributed by atoms with van der Waals surface area (Å²) >= 11 is 0. The molecule has 0 aromatic rings. The fourth-order valence-electron chi connectivity index (χ4n) is 1.72. The molecular formula is C11H19FN2O2. The van der Waals surface area contributed by atoms with Crippen molar-refractivity contribution in [1.29, 1.82) is 0 Å². The third-order valence-electron chi connectivity index (χ3n) is 2.66. The number of hydrogen-bond acceptors (Lipinski definition) is 2. The van der Waals surface area contributed by atoms with Gasteiger partial charge in [-0.3, -0.25) is 14.0 Å². The van der Waals surface area contributed by atoms with Crippen LogP contribution in [0.4, 0.5) is 4.39 Å². The molecule has 5 heteroatoms. The minimum absolute atomic E-state index is 0.0543. The average molecular weight is 230 g/mol. The highest BCUT2D eigenvalue weighted by Gasteiger charge is 2.22. The first-order valence-corrected chi connectivity index (χ1v) is 5.87. The predicted octanol–water partition coefficient (Wildman–Crippen LogP) is 0.911. The van der Waals surface area contributed by atoms with Gasteiger partial charge >= 0.3 is 0 Å². The van der Waals surface area contributed by atoms with Crippen LogP contribution < -0.4 is 10.6 Å². The van der Waals surface area contributed by atoms with Gasteiger partial charge in [-0.15, -0.1) is 0 Å². The molecule has 1 aliphatic heterocycles. The third-order valence-corrected chi connectivity index (χ3v) is 2.66. The lowest BCUT2D eigenvalue weighted by atomic mass is 10.1. The van der Waals surface area contributed by atoms with Crippen molar-refractivity contribution < 1.29 is 14.0 Å². The van der Waals surface area contributed by atoms with Crippen molar-refractivity contribution in [3.05, 3.63) is 0 Å². The molecule has 0 bridgehead atoms. The molecule has 92 valence electrons. The lowest BCUT2D eigenvalue weighted by Gasteiger charge is -2.15. The maximum Gasteiger partial charge on any atom is 0.242 e. The molecule has 0 unspecified atom stereocenters. The topological polar surface area (TPSA) is 58.2 Å². The first kappa shape index (κ1) is 12.9. The van der Waals surface area contributed by atoms with Crippen molar-refractivity contribution in [3.63, 3.8) is 0 Å². The third kappa shape index (κ3) is 4.59. The van der Waals surface area contributed by atoms with E-state index >= 15 is 0 Å². The van der Waals surface area contributed by atoms with E-state index in [0.717, 1.165) is 12.8 Å². The Kier molecular flexibility index (Phi) is 5.82. The molecule has 1 rings (SSSR count). The average Bonchev–Trinajstić information content (AvgIpc) is 2.49. The van der Waals surface area contributed by atoms with Gasteiger partial charge < -0.3 is 10.6 Å². The van der Waals surface area contributed by atoms with Crippen LogP contribution >= 0.6 is 0 Å². The molecule has 16 heavy (non-hydrogen) atoms.